The van der Waals surface area contributed by atoms with E-state index in [1.807, 2.05) is 11.8 Å². The van der Waals surface area contributed by atoms with Gasteiger partial charge in [0.25, 0.3) is 0 Å². The average molecular weight is 287 g/mol. The van der Waals surface area contributed by atoms with Gasteiger partial charge in [-0.05, 0) is 29.9 Å². The molecule has 1 unspecified atom stereocenters. The minimum Gasteiger partial charge on any atom is -0.387 e. The quantitative estimate of drug-likeness (QED) is 0.850. The molecule has 1 aromatic rings. The molecule has 1 saturated heterocycles. The third-order valence-corrected chi connectivity index (χ3v) is 5.61. The van der Waals surface area contributed by atoms with Crippen LogP contribution in [0, 0.1) is 5.92 Å². The fourth-order valence-corrected chi connectivity index (χ4v) is 4.40. The van der Waals surface area contributed by atoms with Crippen LogP contribution in [-0.2, 0) is 10.0 Å². The molecule has 1 aromatic heterocycles. The first-order valence-corrected chi connectivity index (χ1v) is 8.46. The van der Waals surface area contributed by atoms with E-state index in [4.69, 9.17) is 0 Å². The van der Waals surface area contributed by atoms with Crippen LogP contribution in [0.3, 0.4) is 0 Å². The van der Waals surface area contributed by atoms with Crippen molar-refractivity contribution in [3.63, 3.8) is 0 Å². The average Bonchev–Trinajstić information content (AvgIpc) is 2.89. The molecule has 0 radical (unpaired) electrons. The van der Waals surface area contributed by atoms with Crippen LogP contribution in [0.2, 0.25) is 0 Å². The molecule has 7 heteroatoms. The van der Waals surface area contributed by atoms with Gasteiger partial charge in [0.15, 0.2) is 0 Å². The maximum Gasteiger partial charge on any atom is 0.244 e. The van der Waals surface area contributed by atoms with Crippen molar-refractivity contribution in [1.82, 2.24) is 9.71 Å². The molecule has 1 aliphatic rings. The Morgan fingerprint density at radius 1 is 1.56 bits per heavy atom. The number of anilines is 1. The minimum atomic E-state index is -3.47. The van der Waals surface area contributed by atoms with Crippen molar-refractivity contribution in [2.75, 3.05) is 30.4 Å². The summed E-state index contributed by atoms with van der Waals surface area (Å²) < 4.78 is 27.0. The largest absolute Gasteiger partial charge is 0.387 e. The standard InChI is InChI=1S/C11H17N3O2S2/c1-12-10-2-4-13-7-11(10)18(15,16)14-6-9-3-5-17-8-9/h2,4,7,9,14H,3,5-6,8H2,1H3,(H,12,13). The Kier molecular flexibility index (Phi) is 4.47. The third-order valence-electron chi connectivity index (χ3n) is 2.93. The van der Waals surface area contributed by atoms with Crippen molar-refractivity contribution in [1.29, 1.82) is 0 Å². The molecule has 0 spiro atoms. The summed E-state index contributed by atoms with van der Waals surface area (Å²) in [4.78, 5) is 4.08. The molecule has 100 valence electrons. The van der Waals surface area contributed by atoms with Crippen LogP contribution >= 0.6 is 11.8 Å². The van der Waals surface area contributed by atoms with Gasteiger partial charge in [0, 0.05) is 26.0 Å². The molecule has 2 rings (SSSR count). The molecule has 1 aliphatic heterocycles. The van der Waals surface area contributed by atoms with Gasteiger partial charge in [0.2, 0.25) is 10.0 Å². The van der Waals surface area contributed by atoms with E-state index in [2.05, 4.69) is 15.0 Å². The third kappa shape index (κ3) is 3.15. The zero-order valence-corrected chi connectivity index (χ0v) is 11.9. The van der Waals surface area contributed by atoms with Crippen molar-refractivity contribution in [3.8, 4) is 0 Å². The fourth-order valence-electron chi connectivity index (χ4n) is 1.85. The molecule has 0 aliphatic carbocycles. The Balaban J connectivity index is 2.09. The number of rotatable bonds is 5. The normalized spacial score (nSPS) is 19.9. The zero-order valence-electron chi connectivity index (χ0n) is 10.2. The van der Waals surface area contributed by atoms with Crippen molar-refractivity contribution in [2.45, 2.75) is 11.3 Å². The monoisotopic (exact) mass is 287 g/mol. The minimum absolute atomic E-state index is 0.207. The number of thioether (sulfide) groups is 1. The molecule has 0 bridgehead atoms. The van der Waals surface area contributed by atoms with E-state index < -0.39 is 10.0 Å². The number of sulfonamides is 1. The van der Waals surface area contributed by atoms with Crippen molar-refractivity contribution in [3.05, 3.63) is 18.5 Å². The van der Waals surface area contributed by atoms with E-state index in [1.54, 1.807) is 19.3 Å². The van der Waals surface area contributed by atoms with Gasteiger partial charge in [-0.3, -0.25) is 4.98 Å². The van der Waals surface area contributed by atoms with Gasteiger partial charge in [0.1, 0.15) is 4.90 Å². The van der Waals surface area contributed by atoms with Crippen LogP contribution in [0.4, 0.5) is 5.69 Å². The summed E-state index contributed by atoms with van der Waals surface area (Å²) in [6.45, 7) is 0.507. The van der Waals surface area contributed by atoms with E-state index in [9.17, 15) is 8.42 Å². The highest BCUT2D eigenvalue weighted by Gasteiger charge is 2.22. The Morgan fingerprint density at radius 2 is 2.39 bits per heavy atom. The molecule has 5 nitrogen and oxygen atoms in total. The van der Waals surface area contributed by atoms with Crippen LogP contribution in [0.25, 0.3) is 0 Å². The summed E-state index contributed by atoms with van der Waals surface area (Å²) in [5, 5.41) is 2.87. The van der Waals surface area contributed by atoms with Crippen molar-refractivity contribution in [2.24, 2.45) is 5.92 Å². The van der Waals surface area contributed by atoms with Gasteiger partial charge < -0.3 is 5.32 Å². The maximum absolute atomic E-state index is 12.2. The van der Waals surface area contributed by atoms with Crippen LogP contribution in [0.15, 0.2) is 23.4 Å². The number of nitrogens with one attached hydrogen (secondary N) is 2. The lowest BCUT2D eigenvalue weighted by molar-refractivity contribution is 0.546. The predicted molar refractivity (Wildman–Crippen MR) is 74.4 cm³/mol. The van der Waals surface area contributed by atoms with E-state index >= 15 is 0 Å². The lowest BCUT2D eigenvalue weighted by atomic mass is 10.1. The Morgan fingerprint density at radius 3 is 3.06 bits per heavy atom. The summed E-state index contributed by atoms with van der Waals surface area (Å²) in [7, 11) is -1.78. The Hall–Kier alpha value is -0.790. The fraction of sp³-hybridized carbons (Fsp3) is 0.545. The molecule has 0 amide bonds. The summed E-state index contributed by atoms with van der Waals surface area (Å²) in [5.41, 5.74) is 0.568. The topological polar surface area (TPSA) is 71.1 Å². The Bertz CT molecular complexity index is 499. The molecule has 18 heavy (non-hydrogen) atoms. The number of pyridine rings is 1. The van der Waals surface area contributed by atoms with Crippen LogP contribution < -0.4 is 10.0 Å². The van der Waals surface area contributed by atoms with E-state index in [-0.39, 0.29) is 4.90 Å². The summed E-state index contributed by atoms with van der Waals surface area (Å²) >= 11 is 1.88. The highest BCUT2D eigenvalue weighted by Crippen LogP contribution is 2.24. The van der Waals surface area contributed by atoms with Gasteiger partial charge in [-0.1, -0.05) is 0 Å². The van der Waals surface area contributed by atoms with Gasteiger partial charge in [-0.25, -0.2) is 13.1 Å². The molecule has 2 heterocycles. The van der Waals surface area contributed by atoms with Gasteiger partial charge in [-0.2, -0.15) is 11.8 Å². The van der Waals surface area contributed by atoms with Crippen LogP contribution in [-0.4, -0.2) is 38.5 Å². The number of aromatic nitrogens is 1. The summed E-state index contributed by atoms with van der Waals surface area (Å²) in [6.07, 6.45) is 4.02. The molecule has 1 atom stereocenters. The second-order valence-electron chi connectivity index (χ2n) is 4.20. The summed E-state index contributed by atoms with van der Waals surface area (Å²) in [5.74, 6) is 2.61. The first-order valence-electron chi connectivity index (χ1n) is 5.82. The highest BCUT2D eigenvalue weighted by atomic mass is 32.2. The molecule has 0 aromatic carbocycles. The highest BCUT2D eigenvalue weighted by molar-refractivity contribution is 7.99. The molecule has 1 fully saturated rings. The summed E-state index contributed by atoms with van der Waals surface area (Å²) in [6, 6.07) is 1.65. The van der Waals surface area contributed by atoms with Gasteiger partial charge >= 0.3 is 0 Å². The number of hydrogen-bond donors (Lipinski definition) is 2. The predicted octanol–water partition coefficient (Wildman–Crippen LogP) is 1.15. The van der Waals surface area contributed by atoms with Crippen LogP contribution in [0.5, 0.6) is 0 Å². The SMILES string of the molecule is CNc1ccncc1S(=O)(=O)NCC1CCSC1. The smallest absolute Gasteiger partial charge is 0.244 e. The van der Waals surface area contributed by atoms with Crippen LogP contribution in [0.1, 0.15) is 6.42 Å². The Labute approximate surface area is 112 Å². The number of nitrogens with zero attached hydrogens (tertiary/aromatic N) is 1. The molecule has 2 N–H and O–H groups in total. The maximum atomic E-state index is 12.2. The zero-order chi connectivity index (χ0) is 13.0. The molecule has 0 saturated carbocycles. The van der Waals surface area contributed by atoms with E-state index in [0.717, 1.165) is 17.9 Å². The van der Waals surface area contributed by atoms with Gasteiger partial charge in [-0.15, -0.1) is 0 Å². The van der Waals surface area contributed by atoms with Crippen molar-refractivity contribution < 1.29 is 8.42 Å². The van der Waals surface area contributed by atoms with E-state index in [0.29, 0.717) is 18.2 Å². The first-order chi connectivity index (χ1) is 8.63. The lowest BCUT2D eigenvalue weighted by Gasteiger charge is -2.13. The lowest BCUT2D eigenvalue weighted by Crippen LogP contribution is -2.30. The second kappa shape index (κ2) is 5.90. The molecular formula is C11H17N3O2S2. The second-order valence-corrected chi connectivity index (χ2v) is 7.09. The first kappa shape index (κ1) is 13.6. The van der Waals surface area contributed by atoms with Gasteiger partial charge in [0.05, 0.1) is 5.69 Å². The molecular weight excluding hydrogens is 270 g/mol. The van der Waals surface area contributed by atoms with Crippen molar-refractivity contribution >= 4 is 27.5 Å². The number of hydrogen-bond acceptors (Lipinski definition) is 5. The van der Waals surface area contributed by atoms with E-state index in [1.165, 1.54) is 6.20 Å².